The van der Waals surface area contributed by atoms with Crippen LogP contribution >= 0.6 is 0 Å². The normalized spacial score (nSPS) is 27.2. The Kier molecular flexibility index (Phi) is 3.16. The van der Waals surface area contributed by atoms with Gasteiger partial charge in [0.2, 0.25) is 0 Å². The van der Waals surface area contributed by atoms with E-state index in [0.717, 1.165) is 18.7 Å². The van der Waals surface area contributed by atoms with Gasteiger partial charge >= 0.3 is 0 Å². The molecule has 0 aliphatic heterocycles. The molecular weight excluding hydrogens is 238 g/mol. The third kappa shape index (κ3) is 1.98. The zero-order valence-corrected chi connectivity index (χ0v) is 11.2. The number of aromatic nitrogens is 1. The van der Waals surface area contributed by atoms with Crippen LogP contribution in [0.1, 0.15) is 38.3 Å². The molecule has 0 radical (unpaired) electrons. The van der Waals surface area contributed by atoms with E-state index in [1.165, 1.54) is 19.3 Å². The molecule has 0 unspecified atom stereocenters. The number of hydrogen-bond donors (Lipinski definition) is 1. The molecule has 2 saturated carbocycles. The smallest absolute Gasteiger partial charge is 0.140 e. The number of rotatable bonds is 4. The minimum absolute atomic E-state index is 0.351. The van der Waals surface area contributed by atoms with E-state index in [9.17, 15) is 0 Å². The second-order valence-electron chi connectivity index (χ2n) is 5.51. The van der Waals surface area contributed by atoms with Gasteiger partial charge in [0.05, 0.1) is 18.0 Å². The minimum atomic E-state index is 0.351. The van der Waals surface area contributed by atoms with Crippen molar-refractivity contribution in [2.75, 3.05) is 11.9 Å². The highest BCUT2D eigenvalue weighted by Crippen LogP contribution is 2.58. The van der Waals surface area contributed by atoms with Crippen LogP contribution in [-0.4, -0.2) is 23.7 Å². The summed E-state index contributed by atoms with van der Waals surface area (Å²) >= 11 is 0. The number of nitriles is 1. The molecular formula is C15H19N3O. The first-order chi connectivity index (χ1) is 9.28. The predicted molar refractivity (Wildman–Crippen MR) is 72.7 cm³/mol. The van der Waals surface area contributed by atoms with E-state index in [1.54, 1.807) is 12.3 Å². The van der Waals surface area contributed by atoms with E-state index in [1.807, 2.05) is 12.1 Å². The van der Waals surface area contributed by atoms with Gasteiger partial charge < -0.3 is 10.1 Å². The maximum atomic E-state index is 8.74. The molecule has 0 amide bonds. The van der Waals surface area contributed by atoms with Gasteiger partial charge in [0.25, 0.3) is 0 Å². The van der Waals surface area contributed by atoms with Crippen molar-refractivity contribution >= 4 is 5.69 Å². The number of nitrogens with zero attached hydrogens (tertiary/aromatic N) is 2. The molecule has 2 atom stereocenters. The largest absolute Gasteiger partial charge is 0.380 e. The van der Waals surface area contributed by atoms with Gasteiger partial charge in [-0.25, -0.2) is 4.98 Å². The maximum absolute atomic E-state index is 8.74. The zero-order valence-electron chi connectivity index (χ0n) is 11.2. The highest BCUT2D eigenvalue weighted by atomic mass is 16.5. The van der Waals surface area contributed by atoms with Crippen molar-refractivity contribution in [2.24, 2.45) is 5.41 Å². The minimum Gasteiger partial charge on any atom is -0.380 e. The first kappa shape index (κ1) is 12.4. The van der Waals surface area contributed by atoms with Crippen LogP contribution in [-0.2, 0) is 4.74 Å². The van der Waals surface area contributed by atoms with Gasteiger partial charge in [-0.2, -0.15) is 5.26 Å². The molecule has 1 heterocycles. The molecule has 19 heavy (non-hydrogen) atoms. The first-order valence-corrected chi connectivity index (χ1v) is 7.03. The summed E-state index contributed by atoms with van der Waals surface area (Å²) in [6, 6.07) is 6.23. The summed E-state index contributed by atoms with van der Waals surface area (Å²) in [5.74, 6) is 0. The molecule has 100 valence electrons. The van der Waals surface area contributed by atoms with Gasteiger partial charge in [-0.15, -0.1) is 0 Å². The molecule has 2 aliphatic rings. The first-order valence-electron chi connectivity index (χ1n) is 7.03. The summed E-state index contributed by atoms with van der Waals surface area (Å²) in [5, 5.41) is 12.3. The second-order valence-corrected chi connectivity index (χ2v) is 5.51. The maximum Gasteiger partial charge on any atom is 0.140 e. The second kappa shape index (κ2) is 4.82. The van der Waals surface area contributed by atoms with Crippen LogP contribution in [0, 0.1) is 16.7 Å². The Labute approximate surface area is 113 Å². The fourth-order valence-electron chi connectivity index (χ4n) is 3.39. The highest BCUT2D eigenvalue weighted by molar-refractivity contribution is 5.45. The van der Waals surface area contributed by atoms with Crippen molar-refractivity contribution in [1.29, 1.82) is 5.26 Å². The Hall–Kier alpha value is -1.60. The van der Waals surface area contributed by atoms with Gasteiger partial charge in [-0.1, -0.05) is 6.42 Å². The summed E-state index contributed by atoms with van der Waals surface area (Å²) in [4.78, 5) is 4.10. The number of pyridine rings is 1. The average molecular weight is 257 g/mol. The van der Waals surface area contributed by atoms with Crippen molar-refractivity contribution in [2.45, 2.75) is 44.8 Å². The quantitative estimate of drug-likeness (QED) is 0.901. The van der Waals surface area contributed by atoms with Crippen LogP contribution < -0.4 is 5.32 Å². The van der Waals surface area contributed by atoms with E-state index in [-0.39, 0.29) is 0 Å². The Bertz CT molecular complexity index is 487. The van der Waals surface area contributed by atoms with Crippen molar-refractivity contribution in [3.05, 3.63) is 24.0 Å². The molecule has 3 rings (SSSR count). The van der Waals surface area contributed by atoms with Crippen molar-refractivity contribution < 1.29 is 4.74 Å². The number of anilines is 1. The molecule has 0 saturated heterocycles. The van der Waals surface area contributed by atoms with Crippen LogP contribution in [0.5, 0.6) is 0 Å². The molecule has 2 aliphatic carbocycles. The summed E-state index contributed by atoms with van der Waals surface area (Å²) in [7, 11) is 0. The van der Waals surface area contributed by atoms with E-state index >= 15 is 0 Å². The van der Waals surface area contributed by atoms with Crippen LogP contribution in [0.3, 0.4) is 0 Å². The Morgan fingerprint density at radius 3 is 2.89 bits per heavy atom. The highest BCUT2D eigenvalue weighted by Gasteiger charge is 2.58. The van der Waals surface area contributed by atoms with Gasteiger partial charge in [0.15, 0.2) is 0 Å². The lowest BCUT2D eigenvalue weighted by Crippen LogP contribution is -2.64. The summed E-state index contributed by atoms with van der Waals surface area (Å²) in [5.41, 5.74) is 1.82. The Balaban J connectivity index is 1.66. The standard InChI is InChI=1S/C15H19N3O/c1-2-19-14-8-13(15(14)6-3-7-15)18-12-5-4-11(9-16)17-10-12/h4-5,10,13-14,18H,2-3,6-8H2,1H3/t13-,14-/m0/s1. The summed E-state index contributed by atoms with van der Waals surface area (Å²) in [6.07, 6.45) is 7.09. The Morgan fingerprint density at radius 1 is 1.53 bits per heavy atom. The van der Waals surface area contributed by atoms with Crippen molar-refractivity contribution in [1.82, 2.24) is 4.98 Å². The number of nitrogens with one attached hydrogen (secondary N) is 1. The molecule has 0 bridgehead atoms. The fraction of sp³-hybridized carbons (Fsp3) is 0.600. The lowest BCUT2D eigenvalue weighted by molar-refractivity contribution is -0.157. The molecule has 4 nitrogen and oxygen atoms in total. The van der Waals surface area contributed by atoms with Gasteiger partial charge in [-0.05, 0) is 38.3 Å². The third-order valence-corrected chi connectivity index (χ3v) is 4.66. The van der Waals surface area contributed by atoms with E-state index in [0.29, 0.717) is 23.3 Å². The molecule has 1 aromatic heterocycles. The lowest BCUT2D eigenvalue weighted by atomic mass is 9.51. The molecule has 1 aromatic rings. The molecule has 2 fully saturated rings. The van der Waals surface area contributed by atoms with Crippen molar-refractivity contribution in [3.8, 4) is 6.07 Å². The Morgan fingerprint density at radius 2 is 2.37 bits per heavy atom. The van der Waals surface area contributed by atoms with Gasteiger partial charge in [0, 0.05) is 18.1 Å². The van der Waals surface area contributed by atoms with Crippen LogP contribution in [0.2, 0.25) is 0 Å². The summed E-state index contributed by atoms with van der Waals surface area (Å²) < 4.78 is 5.84. The molecule has 4 heteroatoms. The fourth-order valence-corrected chi connectivity index (χ4v) is 3.39. The third-order valence-electron chi connectivity index (χ3n) is 4.66. The zero-order chi connectivity index (χ0) is 13.3. The predicted octanol–water partition coefficient (Wildman–Crippen LogP) is 2.71. The topological polar surface area (TPSA) is 57.9 Å². The van der Waals surface area contributed by atoms with E-state index in [4.69, 9.17) is 10.00 Å². The number of hydrogen-bond acceptors (Lipinski definition) is 4. The van der Waals surface area contributed by atoms with Crippen LogP contribution in [0.15, 0.2) is 18.3 Å². The summed E-state index contributed by atoms with van der Waals surface area (Å²) in [6.45, 7) is 2.87. The van der Waals surface area contributed by atoms with E-state index in [2.05, 4.69) is 17.2 Å². The monoisotopic (exact) mass is 257 g/mol. The van der Waals surface area contributed by atoms with Gasteiger partial charge in [0.1, 0.15) is 11.8 Å². The SMILES string of the molecule is CCO[C@H]1C[C@H](Nc2ccc(C#N)nc2)C12CCC2. The molecule has 1 spiro atoms. The average Bonchev–Trinajstić information content (AvgIpc) is 2.36. The van der Waals surface area contributed by atoms with Crippen LogP contribution in [0.25, 0.3) is 0 Å². The molecule has 1 N–H and O–H groups in total. The van der Waals surface area contributed by atoms with Crippen LogP contribution in [0.4, 0.5) is 5.69 Å². The molecule has 0 aromatic carbocycles. The lowest BCUT2D eigenvalue weighted by Gasteiger charge is -2.61. The van der Waals surface area contributed by atoms with Crippen molar-refractivity contribution in [3.63, 3.8) is 0 Å². The van der Waals surface area contributed by atoms with Gasteiger partial charge in [-0.3, -0.25) is 0 Å². The van der Waals surface area contributed by atoms with E-state index < -0.39 is 0 Å². The number of ether oxygens (including phenoxy) is 1.